The average molecular weight is 253 g/mol. The van der Waals surface area contributed by atoms with E-state index in [4.69, 9.17) is 4.74 Å². The quantitative estimate of drug-likeness (QED) is 0.557. The Bertz CT molecular complexity index is 274. The van der Waals surface area contributed by atoms with Gasteiger partial charge in [0.1, 0.15) is 0 Å². The van der Waals surface area contributed by atoms with Crippen molar-refractivity contribution in [2.24, 2.45) is 11.8 Å². The van der Waals surface area contributed by atoms with Crippen molar-refractivity contribution in [3.05, 3.63) is 12.2 Å². The predicted molar refractivity (Wildman–Crippen MR) is 74.4 cm³/mol. The van der Waals surface area contributed by atoms with E-state index in [9.17, 15) is 4.79 Å². The fourth-order valence-electron chi connectivity index (χ4n) is 2.52. The Balaban J connectivity index is 2.29. The lowest BCUT2D eigenvalue weighted by atomic mass is 9.89. The monoisotopic (exact) mass is 253 g/mol. The second-order valence-electron chi connectivity index (χ2n) is 5.39. The summed E-state index contributed by atoms with van der Waals surface area (Å²) >= 11 is 0. The Labute approximate surface area is 111 Å². The normalized spacial score (nSPS) is 22.3. The van der Waals surface area contributed by atoms with E-state index in [1.54, 1.807) is 6.08 Å². The van der Waals surface area contributed by atoms with Gasteiger partial charge in [-0.15, -0.1) is 0 Å². The number of nitrogens with zero attached hydrogens (tertiary/aromatic N) is 1. The highest BCUT2D eigenvalue weighted by Crippen LogP contribution is 2.24. The number of carbonyl (C=O) groups is 1. The molecule has 0 amide bonds. The number of hydrogen-bond donors (Lipinski definition) is 0. The first-order chi connectivity index (χ1) is 8.63. The van der Waals surface area contributed by atoms with Crippen molar-refractivity contribution in [2.45, 2.75) is 40.0 Å². The highest BCUT2D eigenvalue weighted by atomic mass is 16.5. The number of carbonyl (C=O) groups excluding carboxylic acids is 1. The lowest BCUT2D eigenvalue weighted by Crippen LogP contribution is -2.25. The molecule has 0 radical (unpaired) electrons. The summed E-state index contributed by atoms with van der Waals surface area (Å²) < 4.78 is 4.86. The minimum Gasteiger partial charge on any atom is -0.463 e. The van der Waals surface area contributed by atoms with Crippen LogP contribution < -0.4 is 0 Å². The maximum absolute atomic E-state index is 11.2. The van der Waals surface area contributed by atoms with Gasteiger partial charge in [-0.2, -0.15) is 0 Å². The summed E-state index contributed by atoms with van der Waals surface area (Å²) in [7, 11) is 0. The molecule has 0 aromatic carbocycles. The first-order valence-electron chi connectivity index (χ1n) is 7.19. The number of esters is 1. The zero-order chi connectivity index (χ0) is 13.4. The molecule has 18 heavy (non-hydrogen) atoms. The molecule has 1 heterocycles. The van der Waals surface area contributed by atoms with Gasteiger partial charge in [0, 0.05) is 12.6 Å². The lowest BCUT2D eigenvalue weighted by molar-refractivity contribution is -0.137. The number of ether oxygens (including phenoxy) is 1. The number of rotatable bonds is 5. The molecule has 104 valence electrons. The Kier molecular flexibility index (Phi) is 7.02. The zero-order valence-corrected chi connectivity index (χ0v) is 12.0. The van der Waals surface area contributed by atoms with Crippen LogP contribution in [0, 0.1) is 11.8 Å². The Hall–Kier alpha value is -0.830. The van der Waals surface area contributed by atoms with E-state index in [1.807, 2.05) is 13.0 Å². The zero-order valence-electron chi connectivity index (χ0n) is 12.0. The summed E-state index contributed by atoms with van der Waals surface area (Å²) in [5.41, 5.74) is 0. The van der Waals surface area contributed by atoms with Gasteiger partial charge < -0.3 is 4.74 Å². The number of hydrogen-bond acceptors (Lipinski definition) is 3. The van der Waals surface area contributed by atoms with E-state index in [0.29, 0.717) is 6.61 Å². The SMILES string of the molecule is CCOC(=O)/C=C/CN1CCCC(C(C)C)CC1. The van der Waals surface area contributed by atoms with Gasteiger partial charge in [0.15, 0.2) is 0 Å². The van der Waals surface area contributed by atoms with Crippen molar-refractivity contribution in [1.82, 2.24) is 4.90 Å². The molecular formula is C15H27NO2. The molecule has 1 fully saturated rings. The van der Waals surface area contributed by atoms with Crippen LogP contribution in [0.3, 0.4) is 0 Å². The van der Waals surface area contributed by atoms with Gasteiger partial charge in [0.25, 0.3) is 0 Å². The summed E-state index contributed by atoms with van der Waals surface area (Å²) in [4.78, 5) is 13.6. The third-order valence-electron chi connectivity index (χ3n) is 3.71. The van der Waals surface area contributed by atoms with E-state index < -0.39 is 0 Å². The fourth-order valence-corrected chi connectivity index (χ4v) is 2.52. The Morgan fingerprint density at radius 1 is 1.39 bits per heavy atom. The van der Waals surface area contributed by atoms with Crippen LogP contribution in [0.25, 0.3) is 0 Å². The topological polar surface area (TPSA) is 29.5 Å². The van der Waals surface area contributed by atoms with E-state index in [2.05, 4.69) is 18.7 Å². The molecule has 1 rings (SSSR count). The summed E-state index contributed by atoms with van der Waals surface area (Å²) in [6.07, 6.45) is 7.37. The molecule has 0 aromatic heterocycles. The van der Waals surface area contributed by atoms with Gasteiger partial charge in [0.2, 0.25) is 0 Å². The number of likely N-dealkylation sites (tertiary alicyclic amines) is 1. The van der Waals surface area contributed by atoms with Crippen LogP contribution in [0.2, 0.25) is 0 Å². The molecule has 1 atom stereocenters. The van der Waals surface area contributed by atoms with Crippen molar-refractivity contribution in [3.8, 4) is 0 Å². The second kappa shape index (κ2) is 8.30. The lowest BCUT2D eigenvalue weighted by Gasteiger charge is -2.19. The third-order valence-corrected chi connectivity index (χ3v) is 3.71. The van der Waals surface area contributed by atoms with Crippen molar-refractivity contribution in [3.63, 3.8) is 0 Å². The highest BCUT2D eigenvalue weighted by molar-refractivity contribution is 5.81. The average Bonchev–Trinajstić information content (AvgIpc) is 2.55. The molecule has 3 heteroatoms. The van der Waals surface area contributed by atoms with Gasteiger partial charge in [0.05, 0.1) is 6.61 Å². The predicted octanol–water partition coefficient (Wildman–Crippen LogP) is 2.86. The first-order valence-corrected chi connectivity index (χ1v) is 7.19. The summed E-state index contributed by atoms with van der Waals surface area (Å²) in [6.45, 7) is 10.1. The largest absolute Gasteiger partial charge is 0.463 e. The molecule has 3 nitrogen and oxygen atoms in total. The fraction of sp³-hybridized carbons (Fsp3) is 0.800. The van der Waals surface area contributed by atoms with Crippen LogP contribution in [0.1, 0.15) is 40.0 Å². The molecule has 0 bridgehead atoms. The van der Waals surface area contributed by atoms with E-state index in [-0.39, 0.29) is 5.97 Å². The van der Waals surface area contributed by atoms with Gasteiger partial charge >= 0.3 is 5.97 Å². The third kappa shape index (κ3) is 5.67. The Morgan fingerprint density at radius 2 is 2.17 bits per heavy atom. The van der Waals surface area contributed by atoms with E-state index in [1.165, 1.54) is 19.3 Å². The van der Waals surface area contributed by atoms with Crippen molar-refractivity contribution < 1.29 is 9.53 Å². The van der Waals surface area contributed by atoms with Gasteiger partial charge in [-0.05, 0) is 51.1 Å². The molecular weight excluding hydrogens is 226 g/mol. The van der Waals surface area contributed by atoms with Gasteiger partial charge in [-0.1, -0.05) is 19.9 Å². The molecule has 0 saturated carbocycles. The molecule has 1 aliphatic rings. The smallest absolute Gasteiger partial charge is 0.330 e. The minimum atomic E-state index is -0.229. The first kappa shape index (κ1) is 15.2. The summed E-state index contributed by atoms with van der Waals surface area (Å²) in [5.74, 6) is 1.43. The standard InChI is InChI=1S/C15H27NO2/c1-4-18-15(17)8-6-11-16-10-5-7-14(9-12-16)13(2)3/h6,8,13-14H,4-5,7,9-12H2,1-3H3/b8-6+. The van der Waals surface area contributed by atoms with Crippen LogP contribution in [-0.2, 0) is 9.53 Å². The van der Waals surface area contributed by atoms with Gasteiger partial charge in [-0.25, -0.2) is 4.79 Å². The van der Waals surface area contributed by atoms with Gasteiger partial charge in [-0.3, -0.25) is 4.90 Å². The minimum absolute atomic E-state index is 0.229. The van der Waals surface area contributed by atoms with Crippen LogP contribution in [-0.4, -0.2) is 37.1 Å². The molecule has 0 spiro atoms. The second-order valence-corrected chi connectivity index (χ2v) is 5.39. The van der Waals surface area contributed by atoms with Crippen molar-refractivity contribution in [1.29, 1.82) is 0 Å². The van der Waals surface area contributed by atoms with Crippen LogP contribution in [0.15, 0.2) is 12.2 Å². The van der Waals surface area contributed by atoms with Crippen LogP contribution in [0.5, 0.6) is 0 Å². The van der Waals surface area contributed by atoms with Crippen LogP contribution in [0.4, 0.5) is 0 Å². The molecule has 1 unspecified atom stereocenters. The maximum Gasteiger partial charge on any atom is 0.330 e. The molecule has 0 N–H and O–H groups in total. The summed E-state index contributed by atoms with van der Waals surface area (Å²) in [6, 6.07) is 0. The van der Waals surface area contributed by atoms with Crippen molar-refractivity contribution in [2.75, 3.05) is 26.2 Å². The van der Waals surface area contributed by atoms with E-state index >= 15 is 0 Å². The molecule has 1 aliphatic heterocycles. The van der Waals surface area contributed by atoms with Crippen LogP contribution >= 0.6 is 0 Å². The maximum atomic E-state index is 11.2. The van der Waals surface area contributed by atoms with E-state index in [0.717, 1.165) is 31.5 Å². The summed E-state index contributed by atoms with van der Waals surface area (Å²) in [5, 5.41) is 0. The van der Waals surface area contributed by atoms with Crippen molar-refractivity contribution >= 4 is 5.97 Å². The Morgan fingerprint density at radius 3 is 2.83 bits per heavy atom. The highest BCUT2D eigenvalue weighted by Gasteiger charge is 2.18. The molecule has 1 saturated heterocycles. The molecule has 0 aliphatic carbocycles. The molecule has 0 aromatic rings.